The minimum absolute atomic E-state index is 0. The van der Waals surface area contributed by atoms with Crippen LogP contribution in [-0.2, 0) is 6.54 Å². The number of aryl methyl sites for hydroxylation is 2. The van der Waals surface area contributed by atoms with Crippen LogP contribution in [0.2, 0.25) is 0 Å². The molecule has 0 bridgehead atoms. The van der Waals surface area contributed by atoms with Crippen molar-refractivity contribution in [2.24, 2.45) is 4.99 Å². The lowest BCUT2D eigenvalue weighted by molar-refractivity contribution is 0.116. The Hall–Kier alpha value is -0.870. The van der Waals surface area contributed by atoms with Crippen LogP contribution in [-0.4, -0.2) is 74.3 Å². The van der Waals surface area contributed by atoms with Crippen LogP contribution in [0, 0.1) is 13.8 Å². The Morgan fingerprint density at radius 1 is 1.30 bits per heavy atom. The summed E-state index contributed by atoms with van der Waals surface area (Å²) < 4.78 is 5.18. The molecule has 1 saturated heterocycles. The fraction of sp³-hybridized carbons (Fsp3) is 0.733. The summed E-state index contributed by atoms with van der Waals surface area (Å²) in [5.74, 6) is 1.66. The molecule has 0 amide bonds. The van der Waals surface area contributed by atoms with Crippen molar-refractivity contribution in [1.82, 2.24) is 25.6 Å². The maximum Gasteiger partial charge on any atom is 0.191 e. The zero-order valence-corrected chi connectivity index (χ0v) is 17.0. The molecule has 0 aliphatic carbocycles. The molecule has 1 aromatic heterocycles. The first-order valence-corrected chi connectivity index (χ1v) is 7.76. The van der Waals surface area contributed by atoms with Crippen molar-refractivity contribution in [1.29, 1.82) is 0 Å². The number of halogens is 1. The van der Waals surface area contributed by atoms with Crippen molar-refractivity contribution in [2.75, 3.05) is 47.3 Å². The quantitative estimate of drug-likeness (QED) is 0.414. The van der Waals surface area contributed by atoms with Crippen LogP contribution in [0.25, 0.3) is 0 Å². The molecule has 1 aliphatic heterocycles. The summed E-state index contributed by atoms with van der Waals surface area (Å²) in [7, 11) is 6.14. The second-order valence-corrected chi connectivity index (χ2v) is 6.01. The van der Waals surface area contributed by atoms with Gasteiger partial charge in [0.2, 0.25) is 0 Å². The molecule has 0 saturated carbocycles. The van der Waals surface area contributed by atoms with E-state index in [1.54, 1.807) is 7.05 Å². The molecule has 8 heteroatoms. The van der Waals surface area contributed by atoms with Gasteiger partial charge in [0.1, 0.15) is 5.76 Å². The third-order valence-corrected chi connectivity index (χ3v) is 4.32. The van der Waals surface area contributed by atoms with E-state index >= 15 is 0 Å². The lowest BCUT2D eigenvalue weighted by Gasteiger charge is -2.37. The summed E-state index contributed by atoms with van der Waals surface area (Å²) in [5.41, 5.74) is 2.02. The molecular weight excluding hydrogens is 407 g/mol. The summed E-state index contributed by atoms with van der Waals surface area (Å²) in [6.45, 7) is 8.74. The van der Waals surface area contributed by atoms with Crippen LogP contribution < -0.4 is 10.6 Å². The minimum atomic E-state index is 0. The molecule has 1 fully saturated rings. The van der Waals surface area contributed by atoms with Gasteiger partial charge in [-0.2, -0.15) is 0 Å². The Labute approximate surface area is 155 Å². The van der Waals surface area contributed by atoms with E-state index in [1.165, 1.54) is 0 Å². The average molecular weight is 436 g/mol. The Balaban J connectivity index is 0.00000264. The summed E-state index contributed by atoms with van der Waals surface area (Å²) >= 11 is 0. The molecule has 23 heavy (non-hydrogen) atoms. The van der Waals surface area contributed by atoms with Gasteiger partial charge in [-0.15, -0.1) is 24.0 Å². The number of aromatic nitrogens is 1. The van der Waals surface area contributed by atoms with Gasteiger partial charge in [0.15, 0.2) is 5.96 Å². The highest BCUT2D eigenvalue weighted by molar-refractivity contribution is 14.0. The van der Waals surface area contributed by atoms with Crippen molar-refractivity contribution in [3.8, 4) is 0 Å². The predicted molar refractivity (Wildman–Crippen MR) is 104 cm³/mol. The van der Waals surface area contributed by atoms with Gasteiger partial charge >= 0.3 is 0 Å². The molecule has 132 valence electrons. The van der Waals surface area contributed by atoms with Crippen LogP contribution in [0.5, 0.6) is 0 Å². The van der Waals surface area contributed by atoms with Gasteiger partial charge in [-0.25, -0.2) is 0 Å². The van der Waals surface area contributed by atoms with E-state index in [1.807, 2.05) is 13.8 Å². The molecule has 2 N–H and O–H groups in total. The molecule has 0 spiro atoms. The van der Waals surface area contributed by atoms with Crippen LogP contribution >= 0.6 is 24.0 Å². The highest BCUT2D eigenvalue weighted by Gasteiger charge is 2.22. The fourth-order valence-corrected chi connectivity index (χ4v) is 2.68. The van der Waals surface area contributed by atoms with Crippen LogP contribution in [0.1, 0.15) is 17.0 Å². The molecule has 2 rings (SSSR count). The second kappa shape index (κ2) is 9.43. The molecule has 1 unspecified atom stereocenters. The molecule has 0 aromatic carbocycles. The van der Waals surface area contributed by atoms with Crippen molar-refractivity contribution in [3.63, 3.8) is 0 Å². The summed E-state index contributed by atoms with van der Waals surface area (Å²) in [5, 5.41) is 10.7. The lowest BCUT2D eigenvalue weighted by atomic mass is 10.2. The molecule has 0 radical (unpaired) electrons. The molecular formula is C15H29IN6O. The monoisotopic (exact) mass is 436 g/mol. The lowest BCUT2D eigenvalue weighted by Crippen LogP contribution is -2.55. The van der Waals surface area contributed by atoms with Gasteiger partial charge in [-0.05, 0) is 27.9 Å². The number of nitrogens with zero attached hydrogens (tertiary/aromatic N) is 4. The molecule has 1 atom stereocenters. The van der Waals surface area contributed by atoms with Crippen molar-refractivity contribution >= 4 is 29.9 Å². The number of aliphatic imine (C=N–C) groups is 1. The number of likely N-dealkylation sites (N-methyl/N-ethyl adjacent to an activating group) is 2. The molecule has 1 aromatic rings. The van der Waals surface area contributed by atoms with Crippen LogP contribution in [0.15, 0.2) is 9.52 Å². The Morgan fingerprint density at radius 3 is 2.65 bits per heavy atom. The summed E-state index contributed by atoms with van der Waals surface area (Å²) in [6, 6.07) is 0.497. The third kappa shape index (κ3) is 5.61. The normalized spacial score (nSPS) is 20.2. The van der Waals surface area contributed by atoms with Gasteiger partial charge in [0, 0.05) is 51.4 Å². The first-order valence-electron chi connectivity index (χ1n) is 7.76. The van der Waals surface area contributed by atoms with Crippen LogP contribution in [0.3, 0.4) is 0 Å². The van der Waals surface area contributed by atoms with E-state index in [4.69, 9.17) is 4.52 Å². The number of nitrogens with one attached hydrogen (secondary N) is 2. The van der Waals surface area contributed by atoms with E-state index in [0.29, 0.717) is 12.6 Å². The maximum absolute atomic E-state index is 5.18. The zero-order chi connectivity index (χ0) is 16.1. The standard InChI is InChI=1S/C15H28N6O.HI/c1-11-14(12(2)22-19-11)9-18-15(16-3)17-8-13-10-20(4)6-7-21(13)5;/h13H,6-10H2,1-5H3,(H2,16,17,18);1H. The summed E-state index contributed by atoms with van der Waals surface area (Å²) in [4.78, 5) is 9.05. The molecule has 1 aliphatic rings. The predicted octanol–water partition coefficient (Wildman–Crippen LogP) is 0.820. The highest BCUT2D eigenvalue weighted by Crippen LogP contribution is 2.11. The number of guanidine groups is 1. The molecule has 7 nitrogen and oxygen atoms in total. The average Bonchev–Trinajstić information content (AvgIpc) is 2.82. The number of hydrogen-bond acceptors (Lipinski definition) is 5. The molecule has 2 heterocycles. The second-order valence-electron chi connectivity index (χ2n) is 6.01. The third-order valence-electron chi connectivity index (χ3n) is 4.32. The van der Waals surface area contributed by atoms with Gasteiger partial charge in [-0.3, -0.25) is 9.89 Å². The highest BCUT2D eigenvalue weighted by atomic mass is 127. The zero-order valence-electron chi connectivity index (χ0n) is 14.7. The van der Waals surface area contributed by atoms with Crippen LogP contribution in [0.4, 0.5) is 0 Å². The minimum Gasteiger partial charge on any atom is -0.361 e. The van der Waals surface area contributed by atoms with Gasteiger partial charge in [0.05, 0.1) is 5.69 Å². The number of rotatable bonds is 4. The largest absolute Gasteiger partial charge is 0.361 e. The van der Waals surface area contributed by atoms with E-state index in [9.17, 15) is 0 Å². The fourth-order valence-electron chi connectivity index (χ4n) is 2.68. The Kier molecular flexibility index (Phi) is 8.27. The Bertz CT molecular complexity index is 499. The van der Waals surface area contributed by atoms with E-state index < -0.39 is 0 Å². The van der Waals surface area contributed by atoms with E-state index in [2.05, 4.69) is 44.7 Å². The van der Waals surface area contributed by atoms with Crippen molar-refractivity contribution < 1.29 is 4.52 Å². The van der Waals surface area contributed by atoms with Gasteiger partial charge in [0.25, 0.3) is 0 Å². The van der Waals surface area contributed by atoms with Gasteiger partial charge in [-0.1, -0.05) is 5.16 Å². The first kappa shape index (κ1) is 20.2. The van der Waals surface area contributed by atoms with Gasteiger partial charge < -0.3 is 20.1 Å². The van der Waals surface area contributed by atoms with Crippen molar-refractivity contribution in [2.45, 2.75) is 26.4 Å². The number of piperazine rings is 1. The Morgan fingerprint density at radius 2 is 2.04 bits per heavy atom. The first-order chi connectivity index (χ1) is 10.5. The maximum atomic E-state index is 5.18. The smallest absolute Gasteiger partial charge is 0.191 e. The topological polar surface area (TPSA) is 68.9 Å². The number of hydrogen-bond donors (Lipinski definition) is 2. The van der Waals surface area contributed by atoms with Crippen molar-refractivity contribution in [3.05, 3.63) is 17.0 Å². The van der Waals surface area contributed by atoms with E-state index in [0.717, 1.165) is 49.2 Å². The SMILES string of the molecule is CN=C(NCc1c(C)noc1C)NCC1CN(C)CCN1C.I. The summed E-state index contributed by atoms with van der Waals surface area (Å²) in [6.07, 6.45) is 0. The van der Waals surface area contributed by atoms with E-state index in [-0.39, 0.29) is 24.0 Å².